The normalized spacial score (nSPS) is 10.7. The Hall–Kier alpha value is -2.20. The van der Waals surface area contributed by atoms with Gasteiger partial charge in [0.25, 0.3) is 0 Å². The molecule has 100 valence electrons. The summed E-state index contributed by atoms with van der Waals surface area (Å²) in [5.41, 5.74) is 2.77. The molecule has 0 saturated heterocycles. The fourth-order valence-electron chi connectivity index (χ4n) is 1.93. The molecule has 1 aromatic carbocycles. The number of aryl methyl sites for hydroxylation is 1. The summed E-state index contributed by atoms with van der Waals surface area (Å²) in [6, 6.07) is 11.7. The first kappa shape index (κ1) is 12.8. The van der Waals surface area contributed by atoms with E-state index in [1.165, 1.54) is 0 Å². The van der Waals surface area contributed by atoms with Crippen LogP contribution in [0.4, 0.5) is 0 Å². The van der Waals surface area contributed by atoms with Gasteiger partial charge >= 0.3 is 0 Å². The van der Waals surface area contributed by atoms with Crippen LogP contribution in [0, 0.1) is 0 Å². The standard InChI is InChI=1S/C15H13ClN4/c1-2-12-8-14(16)19-15(18-12)11-9-17-20(10-11)13-6-4-3-5-7-13/h3-10H,2H2,1H3. The Bertz CT molecular complexity index is 722. The third-order valence-electron chi connectivity index (χ3n) is 2.97. The van der Waals surface area contributed by atoms with Gasteiger partial charge in [-0.3, -0.25) is 0 Å². The lowest BCUT2D eigenvalue weighted by atomic mass is 10.3. The highest BCUT2D eigenvalue weighted by molar-refractivity contribution is 6.29. The van der Waals surface area contributed by atoms with E-state index in [1.54, 1.807) is 16.9 Å². The molecule has 0 spiro atoms. The molecule has 3 aromatic rings. The van der Waals surface area contributed by atoms with Crippen LogP contribution >= 0.6 is 11.6 Å². The summed E-state index contributed by atoms with van der Waals surface area (Å²) >= 11 is 6.02. The summed E-state index contributed by atoms with van der Waals surface area (Å²) in [6.07, 6.45) is 4.47. The predicted molar refractivity (Wildman–Crippen MR) is 79.0 cm³/mol. The molecular formula is C15H13ClN4. The number of hydrogen-bond acceptors (Lipinski definition) is 3. The molecule has 0 atom stereocenters. The van der Waals surface area contributed by atoms with Crippen molar-refractivity contribution in [1.82, 2.24) is 19.7 Å². The molecule has 0 unspecified atom stereocenters. The van der Waals surface area contributed by atoms with E-state index in [2.05, 4.69) is 15.1 Å². The summed E-state index contributed by atoms with van der Waals surface area (Å²) < 4.78 is 1.80. The Morgan fingerprint density at radius 1 is 1.15 bits per heavy atom. The largest absolute Gasteiger partial charge is 0.240 e. The predicted octanol–water partition coefficient (Wildman–Crippen LogP) is 3.55. The maximum atomic E-state index is 6.02. The van der Waals surface area contributed by atoms with Crippen molar-refractivity contribution in [3.63, 3.8) is 0 Å². The van der Waals surface area contributed by atoms with Gasteiger partial charge in [0.05, 0.1) is 17.4 Å². The number of para-hydroxylation sites is 1. The van der Waals surface area contributed by atoms with Crippen LogP contribution < -0.4 is 0 Å². The van der Waals surface area contributed by atoms with E-state index in [-0.39, 0.29) is 0 Å². The van der Waals surface area contributed by atoms with Crippen molar-refractivity contribution in [3.05, 3.63) is 59.6 Å². The lowest BCUT2D eigenvalue weighted by Crippen LogP contribution is -1.95. The third-order valence-corrected chi connectivity index (χ3v) is 3.17. The van der Waals surface area contributed by atoms with Gasteiger partial charge in [0.15, 0.2) is 5.82 Å². The van der Waals surface area contributed by atoms with Crippen LogP contribution in [0.25, 0.3) is 17.1 Å². The summed E-state index contributed by atoms with van der Waals surface area (Å²) in [6.45, 7) is 2.04. The zero-order valence-electron chi connectivity index (χ0n) is 11.0. The molecule has 0 aliphatic carbocycles. The molecule has 0 aliphatic rings. The Balaban J connectivity index is 2.00. The van der Waals surface area contributed by atoms with Gasteiger partial charge in [-0.15, -0.1) is 0 Å². The fourth-order valence-corrected chi connectivity index (χ4v) is 2.14. The van der Waals surface area contributed by atoms with Crippen molar-refractivity contribution in [3.8, 4) is 17.1 Å². The van der Waals surface area contributed by atoms with Crippen LogP contribution in [-0.2, 0) is 6.42 Å². The van der Waals surface area contributed by atoms with E-state index in [0.717, 1.165) is 23.4 Å². The van der Waals surface area contributed by atoms with E-state index < -0.39 is 0 Å². The van der Waals surface area contributed by atoms with Gasteiger partial charge in [-0.2, -0.15) is 5.10 Å². The molecule has 2 heterocycles. The fraction of sp³-hybridized carbons (Fsp3) is 0.133. The van der Waals surface area contributed by atoms with Crippen molar-refractivity contribution in [2.75, 3.05) is 0 Å². The maximum Gasteiger partial charge on any atom is 0.164 e. The summed E-state index contributed by atoms with van der Waals surface area (Å²) in [7, 11) is 0. The summed E-state index contributed by atoms with van der Waals surface area (Å²) in [5, 5.41) is 4.80. The number of halogens is 1. The van der Waals surface area contributed by atoms with Crippen LogP contribution in [0.1, 0.15) is 12.6 Å². The number of hydrogen-bond donors (Lipinski definition) is 0. The van der Waals surface area contributed by atoms with E-state index in [9.17, 15) is 0 Å². The zero-order valence-corrected chi connectivity index (χ0v) is 11.7. The Labute approximate surface area is 122 Å². The highest BCUT2D eigenvalue weighted by Gasteiger charge is 2.08. The first-order valence-electron chi connectivity index (χ1n) is 6.40. The minimum atomic E-state index is 0.458. The SMILES string of the molecule is CCc1cc(Cl)nc(-c2cnn(-c3ccccc3)c2)n1. The van der Waals surface area contributed by atoms with Gasteiger partial charge in [-0.25, -0.2) is 14.6 Å². The van der Waals surface area contributed by atoms with Gasteiger partial charge in [0.2, 0.25) is 0 Å². The Morgan fingerprint density at radius 3 is 2.70 bits per heavy atom. The molecule has 0 N–H and O–H groups in total. The van der Waals surface area contributed by atoms with Crippen LogP contribution in [0.3, 0.4) is 0 Å². The molecule has 0 amide bonds. The number of nitrogens with zero attached hydrogens (tertiary/aromatic N) is 4. The third kappa shape index (κ3) is 2.56. The van der Waals surface area contributed by atoms with Gasteiger partial charge in [-0.05, 0) is 24.6 Å². The molecule has 0 bridgehead atoms. The lowest BCUT2D eigenvalue weighted by Gasteiger charge is -2.01. The van der Waals surface area contributed by atoms with Crippen molar-refractivity contribution < 1.29 is 0 Å². The number of aromatic nitrogens is 4. The topological polar surface area (TPSA) is 43.6 Å². The van der Waals surface area contributed by atoms with Crippen LogP contribution in [-0.4, -0.2) is 19.7 Å². The van der Waals surface area contributed by atoms with Crippen molar-refractivity contribution in [2.45, 2.75) is 13.3 Å². The molecule has 0 fully saturated rings. The number of rotatable bonds is 3. The van der Waals surface area contributed by atoms with E-state index in [1.807, 2.05) is 43.5 Å². The lowest BCUT2D eigenvalue weighted by molar-refractivity contribution is 0.880. The molecule has 5 heteroatoms. The quantitative estimate of drug-likeness (QED) is 0.691. The smallest absolute Gasteiger partial charge is 0.164 e. The van der Waals surface area contributed by atoms with Gasteiger partial charge in [-0.1, -0.05) is 36.7 Å². The second-order valence-corrected chi connectivity index (χ2v) is 4.76. The highest BCUT2D eigenvalue weighted by atomic mass is 35.5. The van der Waals surface area contributed by atoms with Gasteiger partial charge in [0, 0.05) is 11.9 Å². The van der Waals surface area contributed by atoms with E-state index >= 15 is 0 Å². The molecule has 0 saturated carbocycles. The highest BCUT2D eigenvalue weighted by Crippen LogP contribution is 2.19. The van der Waals surface area contributed by atoms with Crippen LogP contribution in [0.5, 0.6) is 0 Å². The van der Waals surface area contributed by atoms with Crippen LogP contribution in [0.2, 0.25) is 5.15 Å². The minimum Gasteiger partial charge on any atom is -0.240 e. The zero-order chi connectivity index (χ0) is 13.9. The van der Waals surface area contributed by atoms with Crippen molar-refractivity contribution >= 4 is 11.6 Å². The average Bonchev–Trinajstić information content (AvgIpc) is 2.97. The molecule has 2 aromatic heterocycles. The van der Waals surface area contributed by atoms with Crippen molar-refractivity contribution in [2.24, 2.45) is 0 Å². The van der Waals surface area contributed by atoms with E-state index in [4.69, 9.17) is 11.6 Å². The second-order valence-electron chi connectivity index (χ2n) is 4.37. The number of benzene rings is 1. The molecule has 3 rings (SSSR count). The molecule has 4 nitrogen and oxygen atoms in total. The molecular weight excluding hydrogens is 272 g/mol. The monoisotopic (exact) mass is 284 g/mol. The Kier molecular flexibility index (Phi) is 3.48. The first-order chi connectivity index (χ1) is 9.76. The molecule has 0 radical (unpaired) electrons. The maximum absolute atomic E-state index is 6.02. The summed E-state index contributed by atoms with van der Waals surface area (Å²) in [5.74, 6) is 0.608. The summed E-state index contributed by atoms with van der Waals surface area (Å²) in [4.78, 5) is 8.74. The molecule has 0 aliphatic heterocycles. The second kappa shape index (κ2) is 5.43. The Morgan fingerprint density at radius 2 is 1.95 bits per heavy atom. The molecule has 20 heavy (non-hydrogen) atoms. The first-order valence-corrected chi connectivity index (χ1v) is 6.78. The van der Waals surface area contributed by atoms with Crippen molar-refractivity contribution in [1.29, 1.82) is 0 Å². The van der Waals surface area contributed by atoms with Gasteiger partial charge < -0.3 is 0 Å². The average molecular weight is 285 g/mol. The van der Waals surface area contributed by atoms with E-state index in [0.29, 0.717) is 11.0 Å². The van der Waals surface area contributed by atoms with Gasteiger partial charge in [0.1, 0.15) is 5.15 Å². The minimum absolute atomic E-state index is 0.458. The van der Waals surface area contributed by atoms with Crippen LogP contribution in [0.15, 0.2) is 48.8 Å².